The highest BCUT2D eigenvalue weighted by molar-refractivity contribution is 5.74. The van der Waals surface area contributed by atoms with Gasteiger partial charge in [0.2, 0.25) is 0 Å². The minimum Gasteiger partial charge on any atom is -0.493 e. The van der Waals surface area contributed by atoms with Crippen LogP contribution in [0.5, 0.6) is 5.75 Å². The van der Waals surface area contributed by atoms with Crippen LogP contribution in [0.1, 0.15) is 56.2 Å². The second-order valence-corrected chi connectivity index (χ2v) is 8.57. The second-order valence-electron chi connectivity index (χ2n) is 8.57. The molecule has 5 heteroatoms. The van der Waals surface area contributed by atoms with Crippen molar-refractivity contribution in [2.45, 2.75) is 51.5 Å². The molecule has 1 heterocycles. The predicted octanol–water partition coefficient (Wildman–Crippen LogP) is 5.96. The first kappa shape index (κ1) is 24.7. The SMILES string of the molecule is C=N/C(=C\C=NC(C)c1ccccc1)N(CC1CCCCC1)c1ccc2c(c1)CCO2.CN. The topological polar surface area (TPSA) is 63.2 Å². The number of anilines is 1. The molecule has 2 aliphatic rings. The van der Waals surface area contributed by atoms with E-state index < -0.39 is 0 Å². The highest BCUT2D eigenvalue weighted by Gasteiger charge is 2.22. The van der Waals surface area contributed by atoms with E-state index in [0.29, 0.717) is 5.92 Å². The number of fused-ring (bicyclic) bond motifs is 1. The Morgan fingerprint density at radius 2 is 1.91 bits per heavy atom. The van der Waals surface area contributed by atoms with E-state index in [4.69, 9.17) is 9.73 Å². The summed E-state index contributed by atoms with van der Waals surface area (Å²) < 4.78 is 5.71. The van der Waals surface area contributed by atoms with Crippen LogP contribution in [0.25, 0.3) is 0 Å². The van der Waals surface area contributed by atoms with Crippen molar-refractivity contribution in [1.82, 2.24) is 0 Å². The lowest BCUT2D eigenvalue weighted by atomic mass is 9.89. The van der Waals surface area contributed by atoms with Gasteiger partial charge in [0, 0.05) is 24.9 Å². The highest BCUT2D eigenvalue weighted by Crippen LogP contribution is 2.33. The minimum atomic E-state index is 0.104. The number of nitrogens with two attached hydrogens (primary N) is 1. The van der Waals surface area contributed by atoms with Gasteiger partial charge in [-0.05, 0) is 74.9 Å². The van der Waals surface area contributed by atoms with E-state index in [1.165, 1.54) is 50.3 Å². The van der Waals surface area contributed by atoms with Crippen LogP contribution in [-0.2, 0) is 6.42 Å². The van der Waals surface area contributed by atoms with E-state index in [0.717, 1.165) is 36.8 Å². The average Bonchev–Trinajstić information content (AvgIpc) is 3.36. The quantitative estimate of drug-likeness (QED) is 0.509. The molecule has 5 nitrogen and oxygen atoms in total. The van der Waals surface area contributed by atoms with Gasteiger partial charge in [-0.1, -0.05) is 49.6 Å². The lowest BCUT2D eigenvalue weighted by molar-refractivity contribution is 0.356. The number of rotatable bonds is 8. The van der Waals surface area contributed by atoms with E-state index in [-0.39, 0.29) is 6.04 Å². The van der Waals surface area contributed by atoms with Crippen LogP contribution < -0.4 is 15.4 Å². The Labute approximate surface area is 199 Å². The number of hydrogen-bond acceptors (Lipinski definition) is 5. The van der Waals surface area contributed by atoms with Crippen molar-refractivity contribution < 1.29 is 4.74 Å². The summed E-state index contributed by atoms with van der Waals surface area (Å²) >= 11 is 0. The molecule has 1 aliphatic carbocycles. The Morgan fingerprint density at radius 1 is 1.15 bits per heavy atom. The zero-order valence-electron chi connectivity index (χ0n) is 20.1. The van der Waals surface area contributed by atoms with Gasteiger partial charge in [0.15, 0.2) is 0 Å². The Hall–Kier alpha value is -2.92. The van der Waals surface area contributed by atoms with Crippen LogP contribution >= 0.6 is 0 Å². The lowest BCUT2D eigenvalue weighted by Crippen LogP contribution is -2.29. The standard InChI is InChI=1S/C27H33N3O.CH5N/c1-21(23-11-7-4-8-12-23)29-17-15-27(28-2)30(20-22-9-5-3-6-10-22)25-13-14-26-24(19-25)16-18-31-26;1-2/h4,7-8,11-15,17,19,21-22H,2-3,5-6,9-10,16,18,20H2,1H3;2H2,1H3/b27-15+,29-17?;. The zero-order chi connectivity index (χ0) is 23.5. The summed E-state index contributed by atoms with van der Waals surface area (Å²) in [4.78, 5) is 11.5. The number of benzene rings is 2. The van der Waals surface area contributed by atoms with Crippen LogP contribution in [0, 0.1) is 5.92 Å². The van der Waals surface area contributed by atoms with Crippen LogP contribution in [0.15, 0.2) is 70.4 Å². The molecule has 1 saturated carbocycles. The Kier molecular flexibility index (Phi) is 9.70. The maximum absolute atomic E-state index is 5.71. The molecule has 0 amide bonds. The van der Waals surface area contributed by atoms with Crippen molar-refractivity contribution in [2.75, 3.05) is 25.1 Å². The number of hydrogen-bond donors (Lipinski definition) is 1. The minimum absolute atomic E-state index is 0.104. The lowest BCUT2D eigenvalue weighted by Gasteiger charge is -2.31. The number of ether oxygens (including phenoxy) is 1. The molecule has 33 heavy (non-hydrogen) atoms. The van der Waals surface area contributed by atoms with Gasteiger partial charge in [-0.3, -0.25) is 4.99 Å². The fourth-order valence-corrected chi connectivity index (χ4v) is 4.58. The van der Waals surface area contributed by atoms with Crippen molar-refractivity contribution in [3.8, 4) is 5.75 Å². The van der Waals surface area contributed by atoms with Crippen LogP contribution in [-0.4, -0.2) is 33.1 Å². The summed E-state index contributed by atoms with van der Waals surface area (Å²) in [6.07, 6.45) is 11.4. The molecule has 176 valence electrons. The smallest absolute Gasteiger partial charge is 0.133 e. The molecule has 1 unspecified atom stereocenters. The first-order valence-corrected chi connectivity index (χ1v) is 12.1. The zero-order valence-corrected chi connectivity index (χ0v) is 20.1. The Balaban J connectivity index is 0.00000149. The molecule has 0 aromatic heterocycles. The molecule has 0 spiro atoms. The average molecular weight is 447 g/mol. The third kappa shape index (κ3) is 6.78. The maximum atomic E-state index is 5.71. The van der Waals surface area contributed by atoms with Gasteiger partial charge >= 0.3 is 0 Å². The fourth-order valence-electron chi connectivity index (χ4n) is 4.58. The van der Waals surface area contributed by atoms with E-state index in [9.17, 15) is 0 Å². The number of allylic oxidation sites excluding steroid dienone is 1. The first-order chi connectivity index (χ1) is 16.2. The summed E-state index contributed by atoms with van der Waals surface area (Å²) in [5, 5.41) is 0. The molecular formula is C28H38N4O. The van der Waals surface area contributed by atoms with E-state index in [1.807, 2.05) is 18.4 Å². The Bertz CT molecular complexity index is 932. The summed E-state index contributed by atoms with van der Waals surface area (Å²) in [6.45, 7) is 7.73. The highest BCUT2D eigenvalue weighted by atomic mass is 16.5. The molecule has 0 bridgehead atoms. The third-order valence-corrected chi connectivity index (χ3v) is 6.40. The van der Waals surface area contributed by atoms with Crippen molar-refractivity contribution in [1.29, 1.82) is 0 Å². The predicted molar refractivity (Wildman–Crippen MR) is 141 cm³/mol. The molecule has 0 radical (unpaired) electrons. The normalized spacial score (nSPS) is 17.0. The Morgan fingerprint density at radius 3 is 2.64 bits per heavy atom. The molecule has 1 fully saturated rings. The van der Waals surface area contributed by atoms with Crippen LogP contribution in [0.3, 0.4) is 0 Å². The number of nitrogens with zero attached hydrogens (tertiary/aromatic N) is 3. The van der Waals surface area contributed by atoms with Crippen LogP contribution in [0.2, 0.25) is 0 Å². The van der Waals surface area contributed by atoms with Gasteiger partial charge in [-0.15, -0.1) is 0 Å². The molecule has 1 aliphatic heterocycles. The second kappa shape index (κ2) is 12.9. The van der Waals surface area contributed by atoms with E-state index in [1.54, 1.807) is 0 Å². The van der Waals surface area contributed by atoms with Gasteiger partial charge in [-0.25, -0.2) is 4.99 Å². The molecule has 2 N–H and O–H groups in total. The molecule has 0 saturated heterocycles. The van der Waals surface area contributed by atoms with Crippen LogP contribution in [0.4, 0.5) is 5.69 Å². The molecular weight excluding hydrogens is 408 g/mol. The van der Waals surface area contributed by atoms with E-state index in [2.05, 4.69) is 71.7 Å². The first-order valence-electron chi connectivity index (χ1n) is 12.1. The van der Waals surface area contributed by atoms with Crippen molar-refractivity contribution in [2.24, 2.45) is 21.6 Å². The van der Waals surface area contributed by atoms with Gasteiger partial charge in [0.1, 0.15) is 11.6 Å². The fraction of sp³-hybridized carbons (Fsp3) is 0.429. The molecule has 2 aromatic rings. The summed E-state index contributed by atoms with van der Waals surface area (Å²) in [7, 11) is 1.50. The van der Waals surface area contributed by atoms with Gasteiger partial charge in [0.25, 0.3) is 0 Å². The van der Waals surface area contributed by atoms with Gasteiger partial charge < -0.3 is 15.4 Å². The molecule has 4 rings (SSSR count). The monoisotopic (exact) mass is 446 g/mol. The summed E-state index contributed by atoms with van der Waals surface area (Å²) in [6, 6.07) is 17.0. The van der Waals surface area contributed by atoms with Gasteiger partial charge in [-0.2, -0.15) is 0 Å². The molecule has 1 atom stereocenters. The third-order valence-electron chi connectivity index (χ3n) is 6.40. The van der Waals surface area contributed by atoms with E-state index >= 15 is 0 Å². The summed E-state index contributed by atoms with van der Waals surface area (Å²) in [5.41, 5.74) is 8.15. The van der Waals surface area contributed by atoms with Crippen molar-refractivity contribution >= 4 is 18.6 Å². The molecule has 2 aromatic carbocycles. The van der Waals surface area contributed by atoms with Gasteiger partial charge in [0.05, 0.1) is 12.6 Å². The van der Waals surface area contributed by atoms with Crippen molar-refractivity contribution in [3.63, 3.8) is 0 Å². The summed E-state index contributed by atoms with van der Waals surface area (Å²) in [5.74, 6) is 2.55. The van der Waals surface area contributed by atoms with Crippen molar-refractivity contribution in [3.05, 3.63) is 71.6 Å². The number of aliphatic imine (C=N–C) groups is 2. The largest absolute Gasteiger partial charge is 0.493 e. The maximum Gasteiger partial charge on any atom is 0.133 e.